The first-order valence-corrected chi connectivity index (χ1v) is 6.42. The Bertz CT molecular complexity index is 639. The molecular weight excluding hydrogens is 276 g/mol. The molecule has 0 radical (unpaired) electrons. The second kappa shape index (κ2) is 5.65. The standard InChI is InChI=1S/C13H18N4O4/c1-13(2,3)9-5-14-10(21-9)6-17-8(7-20-4)11(12(18)19)15-16-17/h5H,6-7H2,1-4H3,(H,18,19). The van der Waals surface area contributed by atoms with E-state index in [0.29, 0.717) is 11.6 Å². The fourth-order valence-electron chi connectivity index (χ4n) is 1.76. The number of carboxylic acid groups (broad SMARTS) is 1. The van der Waals surface area contributed by atoms with Crippen LogP contribution in [-0.4, -0.2) is 38.2 Å². The van der Waals surface area contributed by atoms with Gasteiger partial charge >= 0.3 is 5.97 Å². The van der Waals surface area contributed by atoms with Crippen LogP contribution >= 0.6 is 0 Å². The molecule has 0 fully saturated rings. The van der Waals surface area contributed by atoms with Crippen molar-refractivity contribution in [1.82, 2.24) is 20.0 Å². The maximum atomic E-state index is 11.1. The smallest absolute Gasteiger partial charge is 0.358 e. The third-order valence-corrected chi connectivity index (χ3v) is 2.90. The van der Waals surface area contributed by atoms with Gasteiger partial charge in [0, 0.05) is 12.5 Å². The van der Waals surface area contributed by atoms with Gasteiger partial charge in [0.15, 0.2) is 5.69 Å². The number of carboxylic acids is 1. The zero-order valence-electron chi connectivity index (χ0n) is 12.5. The SMILES string of the molecule is COCc1c(C(=O)O)nnn1Cc1ncc(C(C)(C)C)o1. The van der Waals surface area contributed by atoms with Gasteiger partial charge in [0.2, 0.25) is 5.89 Å². The van der Waals surface area contributed by atoms with Gasteiger partial charge in [-0.3, -0.25) is 0 Å². The number of carbonyl (C=O) groups is 1. The maximum absolute atomic E-state index is 11.1. The summed E-state index contributed by atoms with van der Waals surface area (Å²) < 4.78 is 12.1. The summed E-state index contributed by atoms with van der Waals surface area (Å²) in [5, 5.41) is 16.6. The van der Waals surface area contributed by atoms with Crippen LogP contribution in [-0.2, 0) is 23.3 Å². The number of aromatic nitrogens is 4. The molecular formula is C13H18N4O4. The number of ether oxygens (including phenoxy) is 1. The first-order chi connectivity index (χ1) is 9.82. The van der Waals surface area contributed by atoms with E-state index < -0.39 is 5.97 Å². The van der Waals surface area contributed by atoms with E-state index in [-0.39, 0.29) is 24.3 Å². The Hall–Kier alpha value is -2.22. The molecule has 0 amide bonds. The molecule has 0 aliphatic heterocycles. The Kier molecular flexibility index (Phi) is 4.08. The average molecular weight is 294 g/mol. The van der Waals surface area contributed by atoms with Crippen LogP contribution in [0.5, 0.6) is 0 Å². The number of rotatable bonds is 5. The van der Waals surface area contributed by atoms with Crippen LogP contribution in [0.2, 0.25) is 0 Å². The van der Waals surface area contributed by atoms with Gasteiger partial charge in [0.05, 0.1) is 18.5 Å². The molecule has 2 rings (SSSR count). The predicted octanol–water partition coefficient (Wildman–Crippen LogP) is 1.46. The number of methoxy groups -OCH3 is 1. The molecule has 0 aliphatic rings. The monoisotopic (exact) mass is 294 g/mol. The first-order valence-electron chi connectivity index (χ1n) is 6.42. The van der Waals surface area contributed by atoms with Crippen molar-refractivity contribution in [3.63, 3.8) is 0 Å². The molecule has 0 spiro atoms. The fourth-order valence-corrected chi connectivity index (χ4v) is 1.76. The zero-order valence-corrected chi connectivity index (χ0v) is 12.5. The summed E-state index contributed by atoms with van der Waals surface area (Å²) in [4.78, 5) is 15.3. The Morgan fingerprint density at radius 2 is 2.19 bits per heavy atom. The maximum Gasteiger partial charge on any atom is 0.358 e. The van der Waals surface area contributed by atoms with Crippen molar-refractivity contribution in [3.8, 4) is 0 Å². The number of oxazole rings is 1. The minimum Gasteiger partial charge on any atom is -0.476 e. The van der Waals surface area contributed by atoms with E-state index in [1.165, 1.54) is 11.8 Å². The van der Waals surface area contributed by atoms with E-state index in [2.05, 4.69) is 15.3 Å². The first kappa shape index (κ1) is 15.2. The van der Waals surface area contributed by atoms with Gasteiger partial charge in [0.1, 0.15) is 12.3 Å². The highest BCUT2D eigenvalue weighted by atomic mass is 16.5. The molecule has 0 atom stereocenters. The second-order valence-corrected chi connectivity index (χ2v) is 5.65. The molecule has 2 aromatic heterocycles. The van der Waals surface area contributed by atoms with Crippen molar-refractivity contribution in [2.45, 2.75) is 39.3 Å². The van der Waals surface area contributed by atoms with Crippen molar-refractivity contribution in [2.24, 2.45) is 0 Å². The molecule has 0 saturated heterocycles. The van der Waals surface area contributed by atoms with Gasteiger partial charge in [-0.05, 0) is 0 Å². The molecule has 1 N–H and O–H groups in total. The third kappa shape index (κ3) is 3.27. The Morgan fingerprint density at radius 1 is 1.48 bits per heavy atom. The lowest BCUT2D eigenvalue weighted by molar-refractivity contribution is 0.0684. The summed E-state index contributed by atoms with van der Waals surface area (Å²) in [6, 6.07) is 0. The zero-order chi connectivity index (χ0) is 15.6. The van der Waals surface area contributed by atoms with E-state index >= 15 is 0 Å². The molecule has 2 aromatic rings. The lowest BCUT2D eigenvalue weighted by atomic mass is 9.94. The molecule has 0 aliphatic carbocycles. The Balaban J connectivity index is 2.27. The summed E-state index contributed by atoms with van der Waals surface area (Å²) in [6.45, 7) is 6.36. The van der Waals surface area contributed by atoms with Gasteiger partial charge in [-0.15, -0.1) is 5.10 Å². The minimum absolute atomic E-state index is 0.0987. The fraction of sp³-hybridized carbons (Fsp3) is 0.538. The van der Waals surface area contributed by atoms with Crippen LogP contribution in [0.4, 0.5) is 0 Å². The van der Waals surface area contributed by atoms with E-state index in [1.54, 1.807) is 6.20 Å². The molecule has 0 aromatic carbocycles. The van der Waals surface area contributed by atoms with Crippen LogP contribution in [0.3, 0.4) is 0 Å². The molecule has 21 heavy (non-hydrogen) atoms. The van der Waals surface area contributed by atoms with Gasteiger partial charge < -0.3 is 14.3 Å². The molecule has 0 bridgehead atoms. The van der Waals surface area contributed by atoms with Crippen molar-refractivity contribution in [1.29, 1.82) is 0 Å². The quantitative estimate of drug-likeness (QED) is 0.890. The summed E-state index contributed by atoms with van der Waals surface area (Å²) in [7, 11) is 1.48. The molecule has 0 unspecified atom stereocenters. The van der Waals surface area contributed by atoms with E-state index in [4.69, 9.17) is 14.3 Å². The summed E-state index contributed by atoms with van der Waals surface area (Å²) in [6.07, 6.45) is 1.67. The molecule has 8 nitrogen and oxygen atoms in total. The van der Waals surface area contributed by atoms with Crippen molar-refractivity contribution < 1.29 is 19.1 Å². The van der Waals surface area contributed by atoms with Gasteiger partial charge in [-0.2, -0.15) is 0 Å². The van der Waals surface area contributed by atoms with Crippen LogP contribution in [0.1, 0.15) is 48.6 Å². The van der Waals surface area contributed by atoms with Gasteiger partial charge in [-0.25, -0.2) is 14.5 Å². The van der Waals surface area contributed by atoms with Crippen LogP contribution < -0.4 is 0 Å². The Morgan fingerprint density at radius 3 is 2.71 bits per heavy atom. The van der Waals surface area contributed by atoms with Crippen molar-refractivity contribution in [3.05, 3.63) is 29.2 Å². The topological polar surface area (TPSA) is 103 Å². The largest absolute Gasteiger partial charge is 0.476 e. The third-order valence-electron chi connectivity index (χ3n) is 2.90. The number of aromatic carboxylic acids is 1. The molecule has 0 saturated carbocycles. The van der Waals surface area contributed by atoms with Gasteiger partial charge in [0.25, 0.3) is 0 Å². The normalized spacial score (nSPS) is 11.8. The van der Waals surface area contributed by atoms with E-state index in [1.807, 2.05) is 20.8 Å². The number of hydrogen-bond acceptors (Lipinski definition) is 6. The second-order valence-electron chi connectivity index (χ2n) is 5.65. The van der Waals surface area contributed by atoms with E-state index in [0.717, 1.165) is 5.76 Å². The predicted molar refractivity (Wildman–Crippen MR) is 72.0 cm³/mol. The lowest BCUT2D eigenvalue weighted by Gasteiger charge is -2.13. The van der Waals surface area contributed by atoms with E-state index in [9.17, 15) is 4.79 Å². The molecule has 2 heterocycles. The van der Waals surface area contributed by atoms with Crippen LogP contribution in [0, 0.1) is 0 Å². The highest BCUT2D eigenvalue weighted by Crippen LogP contribution is 2.23. The number of hydrogen-bond donors (Lipinski definition) is 1. The van der Waals surface area contributed by atoms with Crippen molar-refractivity contribution >= 4 is 5.97 Å². The summed E-state index contributed by atoms with van der Waals surface area (Å²) in [5.74, 6) is 0.0552. The number of nitrogens with zero attached hydrogens (tertiary/aromatic N) is 4. The summed E-state index contributed by atoms with van der Waals surface area (Å²) in [5.41, 5.74) is 0.106. The van der Waals surface area contributed by atoms with Crippen LogP contribution in [0.25, 0.3) is 0 Å². The lowest BCUT2D eigenvalue weighted by Crippen LogP contribution is -2.11. The average Bonchev–Trinajstić information content (AvgIpc) is 2.98. The van der Waals surface area contributed by atoms with Gasteiger partial charge in [-0.1, -0.05) is 26.0 Å². The van der Waals surface area contributed by atoms with Crippen LogP contribution in [0.15, 0.2) is 10.6 Å². The minimum atomic E-state index is -1.14. The van der Waals surface area contributed by atoms with Crippen molar-refractivity contribution in [2.75, 3.05) is 7.11 Å². The molecule has 114 valence electrons. The highest BCUT2D eigenvalue weighted by molar-refractivity contribution is 5.86. The Labute approximate surface area is 121 Å². The molecule has 8 heteroatoms. The summed E-state index contributed by atoms with van der Waals surface area (Å²) >= 11 is 0. The highest BCUT2D eigenvalue weighted by Gasteiger charge is 2.22.